The number of rotatable bonds is 8. The summed E-state index contributed by atoms with van der Waals surface area (Å²) < 4.78 is 11.4. The summed E-state index contributed by atoms with van der Waals surface area (Å²) >= 11 is 0. The third-order valence-corrected chi connectivity index (χ3v) is 4.70. The van der Waals surface area contributed by atoms with Gasteiger partial charge in [0.05, 0.1) is 11.1 Å². The maximum Gasteiger partial charge on any atom is 0.338 e. The number of hydrogen-bond donors (Lipinski definition) is 0. The Labute approximate surface area is 160 Å². The number of carbonyl (C=O) groups is 2. The third kappa shape index (κ3) is 5.55. The first-order valence-electron chi connectivity index (χ1n) is 9.08. The lowest BCUT2D eigenvalue weighted by Gasteiger charge is -2.31. The summed E-state index contributed by atoms with van der Waals surface area (Å²) in [5.74, 6) is -1.10. The Kier molecular flexibility index (Phi) is 7.35. The van der Waals surface area contributed by atoms with Crippen LogP contribution in [-0.4, -0.2) is 24.1 Å². The number of ether oxygens (including phenoxy) is 2. The topological polar surface area (TPSA) is 52.6 Å². The fourth-order valence-corrected chi connectivity index (χ4v) is 2.78. The second-order valence-corrected chi connectivity index (χ2v) is 6.67. The van der Waals surface area contributed by atoms with E-state index in [1.54, 1.807) is 54.6 Å². The highest BCUT2D eigenvalue weighted by molar-refractivity contribution is 5.90. The third-order valence-electron chi connectivity index (χ3n) is 4.70. The van der Waals surface area contributed by atoms with Gasteiger partial charge < -0.3 is 9.47 Å². The molecule has 4 heteroatoms. The highest BCUT2D eigenvalue weighted by Crippen LogP contribution is 2.24. The molecule has 4 unspecified atom stereocenters. The van der Waals surface area contributed by atoms with Crippen LogP contribution in [0.15, 0.2) is 73.3 Å². The number of esters is 2. The van der Waals surface area contributed by atoms with Gasteiger partial charge >= 0.3 is 11.9 Å². The predicted octanol–water partition coefficient (Wildman–Crippen LogP) is 4.92. The van der Waals surface area contributed by atoms with E-state index in [1.807, 2.05) is 32.9 Å². The zero-order chi connectivity index (χ0) is 19.8. The SMILES string of the molecule is C=CC(C)C(OC(=O)c1ccccc1)C(C)C(C)OC(=O)c1ccccc1. The molecule has 0 aliphatic heterocycles. The first-order valence-corrected chi connectivity index (χ1v) is 9.08. The molecule has 2 rings (SSSR count). The number of hydrogen-bond acceptors (Lipinski definition) is 4. The highest BCUT2D eigenvalue weighted by atomic mass is 16.6. The average Bonchev–Trinajstić information content (AvgIpc) is 2.71. The minimum Gasteiger partial charge on any atom is -0.459 e. The van der Waals surface area contributed by atoms with E-state index < -0.39 is 24.1 Å². The van der Waals surface area contributed by atoms with Crippen LogP contribution < -0.4 is 0 Å². The van der Waals surface area contributed by atoms with Gasteiger partial charge in [-0.2, -0.15) is 0 Å². The maximum absolute atomic E-state index is 12.5. The van der Waals surface area contributed by atoms with E-state index >= 15 is 0 Å². The van der Waals surface area contributed by atoms with E-state index in [4.69, 9.17) is 9.47 Å². The molecule has 0 aliphatic carbocycles. The zero-order valence-corrected chi connectivity index (χ0v) is 16.0. The molecule has 0 spiro atoms. The molecule has 2 aromatic rings. The van der Waals surface area contributed by atoms with Gasteiger partial charge in [-0.05, 0) is 31.2 Å². The average molecular weight is 366 g/mol. The smallest absolute Gasteiger partial charge is 0.338 e. The molecule has 0 aliphatic rings. The Morgan fingerprint density at radius 3 is 1.70 bits per heavy atom. The van der Waals surface area contributed by atoms with E-state index in [2.05, 4.69) is 6.58 Å². The van der Waals surface area contributed by atoms with E-state index in [9.17, 15) is 9.59 Å². The highest BCUT2D eigenvalue weighted by Gasteiger charge is 2.32. The lowest BCUT2D eigenvalue weighted by molar-refractivity contribution is -0.0333. The van der Waals surface area contributed by atoms with E-state index in [1.165, 1.54) is 0 Å². The molecule has 4 atom stereocenters. The summed E-state index contributed by atoms with van der Waals surface area (Å²) in [5.41, 5.74) is 0.978. The molecule has 27 heavy (non-hydrogen) atoms. The Bertz CT molecular complexity index is 754. The van der Waals surface area contributed by atoms with Crippen molar-refractivity contribution in [2.45, 2.75) is 33.0 Å². The van der Waals surface area contributed by atoms with Crippen LogP contribution in [0.2, 0.25) is 0 Å². The molecule has 4 nitrogen and oxygen atoms in total. The normalized spacial score (nSPS) is 15.1. The second kappa shape index (κ2) is 9.72. The van der Waals surface area contributed by atoms with Crippen molar-refractivity contribution in [2.24, 2.45) is 11.8 Å². The van der Waals surface area contributed by atoms with E-state index in [0.29, 0.717) is 11.1 Å². The molecule has 0 radical (unpaired) electrons. The molecule has 0 N–H and O–H groups in total. The molecule has 0 saturated carbocycles. The van der Waals surface area contributed by atoms with Crippen molar-refractivity contribution in [1.29, 1.82) is 0 Å². The Hall–Kier alpha value is -2.88. The first kappa shape index (κ1) is 20.4. The lowest BCUT2D eigenvalue weighted by Crippen LogP contribution is -2.38. The predicted molar refractivity (Wildman–Crippen MR) is 105 cm³/mol. The van der Waals surface area contributed by atoms with Gasteiger partial charge in [0, 0.05) is 11.8 Å². The van der Waals surface area contributed by atoms with Gasteiger partial charge in [-0.25, -0.2) is 9.59 Å². The molecule has 0 amide bonds. The monoisotopic (exact) mass is 366 g/mol. The molecular weight excluding hydrogens is 340 g/mol. The van der Waals surface area contributed by atoms with Crippen LogP contribution in [0.3, 0.4) is 0 Å². The van der Waals surface area contributed by atoms with Gasteiger partial charge in [0.25, 0.3) is 0 Å². The molecule has 0 bridgehead atoms. The van der Waals surface area contributed by atoms with Crippen molar-refractivity contribution in [3.8, 4) is 0 Å². The minimum absolute atomic E-state index is 0.0921. The van der Waals surface area contributed by atoms with Crippen molar-refractivity contribution < 1.29 is 19.1 Å². The largest absolute Gasteiger partial charge is 0.459 e. The fraction of sp³-hybridized carbons (Fsp3) is 0.304. The lowest BCUT2D eigenvalue weighted by atomic mass is 9.89. The van der Waals surface area contributed by atoms with Gasteiger partial charge in [0.15, 0.2) is 0 Å². The molecule has 142 valence electrons. The molecule has 0 heterocycles. The van der Waals surface area contributed by atoms with Crippen LogP contribution in [0.4, 0.5) is 0 Å². The standard InChI is InChI=1S/C23H26O4/c1-5-16(2)21(27-23(25)20-14-10-7-11-15-20)17(3)18(4)26-22(24)19-12-8-6-9-13-19/h5-18,21H,1H2,2-4H3. The second-order valence-electron chi connectivity index (χ2n) is 6.67. The molecular formula is C23H26O4. The zero-order valence-electron chi connectivity index (χ0n) is 16.0. The summed E-state index contributed by atoms with van der Waals surface area (Å²) in [6, 6.07) is 17.7. The van der Waals surface area contributed by atoms with E-state index in [0.717, 1.165) is 0 Å². The van der Waals surface area contributed by atoms with Crippen molar-refractivity contribution >= 4 is 11.9 Å². The van der Waals surface area contributed by atoms with Crippen LogP contribution in [-0.2, 0) is 9.47 Å². The van der Waals surface area contributed by atoms with Gasteiger partial charge in [-0.15, -0.1) is 6.58 Å². The summed E-state index contributed by atoms with van der Waals surface area (Å²) in [7, 11) is 0. The molecule has 2 aromatic carbocycles. The minimum atomic E-state index is -0.464. The number of benzene rings is 2. The van der Waals surface area contributed by atoms with Crippen molar-refractivity contribution in [2.75, 3.05) is 0 Å². The van der Waals surface area contributed by atoms with Crippen LogP contribution in [0, 0.1) is 11.8 Å². The summed E-state index contributed by atoms with van der Waals surface area (Å²) in [5, 5.41) is 0. The van der Waals surface area contributed by atoms with Crippen molar-refractivity contribution in [3.05, 3.63) is 84.4 Å². The maximum atomic E-state index is 12.5. The van der Waals surface area contributed by atoms with E-state index in [-0.39, 0.29) is 11.8 Å². The molecule has 0 aromatic heterocycles. The molecule has 0 fully saturated rings. The first-order chi connectivity index (χ1) is 12.9. The van der Waals surface area contributed by atoms with Crippen LogP contribution in [0.25, 0.3) is 0 Å². The van der Waals surface area contributed by atoms with Gasteiger partial charge in [0.1, 0.15) is 12.2 Å². The van der Waals surface area contributed by atoms with Crippen molar-refractivity contribution in [1.82, 2.24) is 0 Å². The van der Waals surface area contributed by atoms with Crippen LogP contribution in [0.1, 0.15) is 41.5 Å². The summed E-state index contributed by atoms with van der Waals surface area (Å²) in [6.45, 7) is 9.46. The van der Waals surface area contributed by atoms with Gasteiger partial charge in [0.2, 0.25) is 0 Å². The van der Waals surface area contributed by atoms with Crippen LogP contribution in [0.5, 0.6) is 0 Å². The van der Waals surface area contributed by atoms with Gasteiger partial charge in [-0.3, -0.25) is 0 Å². The summed E-state index contributed by atoms with van der Waals surface area (Å²) in [6.07, 6.45) is 0.841. The molecule has 0 saturated heterocycles. The van der Waals surface area contributed by atoms with Crippen molar-refractivity contribution in [3.63, 3.8) is 0 Å². The Morgan fingerprint density at radius 2 is 1.26 bits per heavy atom. The fourth-order valence-electron chi connectivity index (χ4n) is 2.78. The quantitative estimate of drug-likeness (QED) is 0.492. The van der Waals surface area contributed by atoms with Gasteiger partial charge in [-0.1, -0.05) is 56.3 Å². The number of carbonyl (C=O) groups excluding carboxylic acids is 2. The van der Waals surface area contributed by atoms with Crippen LogP contribution >= 0.6 is 0 Å². The Balaban J connectivity index is 2.09. The summed E-state index contributed by atoms with van der Waals surface area (Å²) in [4.78, 5) is 24.8. The Morgan fingerprint density at radius 1 is 0.815 bits per heavy atom.